The highest BCUT2D eigenvalue weighted by atomic mass is 16.5. The summed E-state index contributed by atoms with van der Waals surface area (Å²) in [5.41, 5.74) is 0.602. The Balaban J connectivity index is 1.41. The van der Waals surface area contributed by atoms with Crippen LogP contribution in [0.2, 0.25) is 0 Å². The van der Waals surface area contributed by atoms with Gasteiger partial charge < -0.3 is 19.7 Å². The fourth-order valence-electron chi connectivity index (χ4n) is 3.39. The minimum Gasteiger partial charge on any atom is -0.492 e. The van der Waals surface area contributed by atoms with Crippen LogP contribution in [0.25, 0.3) is 0 Å². The Hall–Kier alpha value is -2.26. The molecule has 6 heteroatoms. The number of ether oxygens (including phenoxy) is 2. The molecule has 2 atom stereocenters. The van der Waals surface area contributed by atoms with Crippen LogP contribution in [0.1, 0.15) is 31.2 Å². The van der Waals surface area contributed by atoms with Crippen molar-refractivity contribution in [3.63, 3.8) is 0 Å². The van der Waals surface area contributed by atoms with Gasteiger partial charge in [-0.15, -0.1) is 0 Å². The van der Waals surface area contributed by atoms with Gasteiger partial charge in [0.2, 0.25) is 0 Å². The molecule has 0 aliphatic carbocycles. The lowest BCUT2D eigenvalue weighted by atomic mass is 10.1. The molecule has 0 bridgehead atoms. The molecule has 2 aliphatic rings. The highest BCUT2D eigenvalue weighted by Crippen LogP contribution is 2.27. The Morgan fingerprint density at radius 3 is 2.88 bits per heavy atom. The predicted molar refractivity (Wildman–Crippen MR) is 88.8 cm³/mol. The van der Waals surface area contributed by atoms with Crippen molar-refractivity contribution < 1.29 is 14.3 Å². The van der Waals surface area contributed by atoms with Crippen LogP contribution in [0, 0.1) is 11.3 Å². The van der Waals surface area contributed by atoms with Crippen LogP contribution in [0.4, 0.5) is 4.79 Å². The molecule has 6 nitrogen and oxygen atoms in total. The second-order valence-electron chi connectivity index (χ2n) is 6.17. The van der Waals surface area contributed by atoms with Crippen molar-refractivity contribution in [2.75, 3.05) is 26.3 Å². The number of rotatable bonds is 5. The maximum atomic E-state index is 12.4. The fraction of sp³-hybridized carbons (Fsp3) is 0.556. The van der Waals surface area contributed by atoms with Gasteiger partial charge in [0.25, 0.3) is 0 Å². The monoisotopic (exact) mass is 329 g/mol. The van der Waals surface area contributed by atoms with E-state index in [9.17, 15) is 4.79 Å². The summed E-state index contributed by atoms with van der Waals surface area (Å²) < 4.78 is 11.3. The second kappa shape index (κ2) is 8.02. The van der Waals surface area contributed by atoms with Crippen molar-refractivity contribution in [3.8, 4) is 11.8 Å². The standard InChI is InChI=1S/C18H23N3O3/c19-13-14-5-7-15(8-6-14)23-12-9-20-18(22)21-10-1-3-16(21)17-4-2-11-24-17/h5-8,16-17H,1-4,9-12H2,(H,20,22)/t16-,17-/m1/s1. The molecule has 24 heavy (non-hydrogen) atoms. The Kier molecular flexibility index (Phi) is 5.55. The van der Waals surface area contributed by atoms with Crippen LogP contribution < -0.4 is 10.1 Å². The molecule has 2 amide bonds. The number of nitriles is 1. The lowest BCUT2D eigenvalue weighted by molar-refractivity contribution is 0.0520. The van der Waals surface area contributed by atoms with E-state index in [2.05, 4.69) is 11.4 Å². The summed E-state index contributed by atoms with van der Waals surface area (Å²) in [5, 5.41) is 11.7. The van der Waals surface area contributed by atoms with Crippen molar-refractivity contribution in [1.82, 2.24) is 10.2 Å². The van der Waals surface area contributed by atoms with Crippen LogP contribution in [0.15, 0.2) is 24.3 Å². The molecule has 1 aromatic rings. The first kappa shape index (κ1) is 16.6. The van der Waals surface area contributed by atoms with E-state index < -0.39 is 0 Å². The molecule has 3 rings (SSSR count). The van der Waals surface area contributed by atoms with Crippen LogP contribution in [0.5, 0.6) is 5.75 Å². The van der Waals surface area contributed by atoms with E-state index in [1.165, 1.54) is 0 Å². The number of nitrogens with zero attached hydrogens (tertiary/aromatic N) is 2. The Morgan fingerprint density at radius 1 is 1.33 bits per heavy atom. The van der Waals surface area contributed by atoms with Crippen molar-refractivity contribution in [2.45, 2.75) is 37.8 Å². The number of nitrogens with one attached hydrogen (secondary N) is 1. The lowest BCUT2D eigenvalue weighted by Gasteiger charge is -2.29. The zero-order chi connectivity index (χ0) is 16.8. The number of hydrogen-bond donors (Lipinski definition) is 1. The van der Waals surface area contributed by atoms with Gasteiger partial charge in [0.15, 0.2) is 0 Å². The molecule has 0 aromatic heterocycles. The summed E-state index contributed by atoms with van der Waals surface area (Å²) in [6, 6.07) is 9.19. The normalized spacial score (nSPS) is 23.0. The van der Waals surface area contributed by atoms with Gasteiger partial charge in [-0.05, 0) is 49.9 Å². The van der Waals surface area contributed by atoms with E-state index in [0.29, 0.717) is 24.5 Å². The van der Waals surface area contributed by atoms with Gasteiger partial charge in [0, 0.05) is 13.2 Å². The highest BCUT2D eigenvalue weighted by molar-refractivity contribution is 5.74. The maximum absolute atomic E-state index is 12.4. The Morgan fingerprint density at radius 2 is 2.17 bits per heavy atom. The average Bonchev–Trinajstić information content (AvgIpc) is 3.29. The van der Waals surface area contributed by atoms with Gasteiger partial charge in [-0.2, -0.15) is 5.26 Å². The zero-order valence-electron chi connectivity index (χ0n) is 13.7. The average molecular weight is 329 g/mol. The molecular formula is C18H23N3O3. The van der Waals surface area contributed by atoms with Crippen LogP contribution in [0.3, 0.4) is 0 Å². The quantitative estimate of drug-likeness (QED) is 0.841. The summed E-state index contributed by atoms with van der Waals surface area (Å²) in [7, 11) is 0. The third-order valence-electron chi connectivity index (χ3n) is 4.58. The van der Waals surface area contributed by atoms with Gasteiger partial charge in [0.05, 0.1) is 30.3 Å². The third-order valence-corrected chi connectivity index (χ3v) is 4.58. The molecule has 2 aliphatic heterocycles. The number of likely N-dealkylation sites (tertiary alicyclic amines) is 1. The molecular weight excluding hydrogens is 306 g/mol. The van der Waals surface area contributed by atoms with Crippen LogP contribution in [-0.2, 0) is 4.74 Å². The first-order valence-corrected chi connectivity index (χ1v) is 8.57. The van der Waals surface area contributed by atoms with Crippen molar-refractivity contribution in [3.05, 3.63) is 29.8 Å². The second-order valence-corrected chi connectivity index (χ2v) is 6.17. The summed E-state index contributed by atoms with van der Waals surface area (Å²) in [4.78, 5) is 14.3. The maximum Gasteiger partial charge on any atom is 0.317 e. The predicted octanol–water partition coefficient (Wildman–Crippen LogP) is 2.29. The summed E-state index contributed by atoms with van der Waals surface area (Å²) >= 11 is 0. The number of benzene rings is 1. The van der Waals surface area contributed by atoms with E-state index in [0.717, 1.165) is 38.8 Å². The SMILES string of the molecule is N#Cc1ccc(OCCNC(=O)N2CCC[C@@H]2[C@H]2CCCO2)cc1. The lowest BCUT2D eigenvalue weighted by Crippen LogP contribution is -2.48. The molecule has 0 spiro atoms. The van der Waals surface area contributed by atoms with E-state index in [4.69, 9.17) is 14.7 Å². The van der Waals surface area contributed by atoms with Gasteiger partial charge in [-0.3, -0.25) is 0 Å². The number of carbonyl (C=O) groups excluding carboxylic acids is 1. The minimum atomic E-state index is -0.0311. The first-order valence-electron chi connectivity index (χ1n) is 8.57. The number of carbonyl (C=O) groups is 1. The van der Waals surface area contributed by atoms with Gasteiger partial charge in [0.1, 0.15) is 12.4 Å². The van der Waals surface area contributed by atoms with Crippen molar-refractivity contribution in [1.29, 1.82) is 5.26 Å². The summed E-state index contributed by atoms with van der Waals surface area (Å²) in [6.07, 6.45) is 4.42. The molecule has 2 heterocycles. The van der Waals surface area contributed by atoms with Crippen molar-refractivity contribution in [2.24, 2.45) is 0 Å². The van der Waals surface area contributed by atoms with E-state index >= 15 is 0 Å². The number of amides is 2. The molecule has 2 fully saturated rings. The Labute approximate surface area is 142 Å². The van der Waals surface area contributed by atoms with Crippen LogP contribution >= 0.6 is 0 Å². The zero-order valence-corrected chi connectivity index (χ0v) is 13.7. The smallest absolute Gasteiger partial charge is 0.317 e. The van der Waals surface area contributed by atoms with Crippen LogP contribution in [-0.4, -0.2) is 49.4 Å². The first-order chi connectivity index (χ1) is 11.8. The van der Waals surface area contributed by atoms with E-state index in [1.807, 2.05) is 4.90 Å². The topological polar surface area (TPSA) is 74.6 Å². The van der Waals surface area contributed by atoms with E-state index in [1.54, 1.807) is 24.3 Å². The molecule has 0 unspecified atom stereocenters. The largest absolute Gasteiger partial charge is 0.492 e. The third kappa shape index (κ3) is 3.98. The van der Waals surface area contributed by atoms with Crippen molar-refractivity contribution >= 4 is 6.03 Å². The molecule has 2 saturated heterocycles. The van der Waals surface area contributed by atoms with Gasteiger partial charge in [-0.25, -0.2) is 4.79 Å². The molecule has 1 N–H and O–H groups in total. The summed E-state index contributed by atoms with van der Waals surface area (Å²) in [5.74, 6) is 0.696. The molecule has 0 saturated carbocycles. The fourth-order valence-corrected chi connectivity index (χ4v) is 3.39. The number of urea groups is 1. The number of hydrogen-bond acceptors (Lipinski definition) is 4. The summed E-state index contributed by atoms with van der Waals surface area (Å²) in [6.45, 7) is 2.46. The highest BCUT2D eigenvalue weighted by Gasteiger charge is 2.36. The Bertz CT molecular complexity index is 591. The van der Waals surface area contributed by atoms with E-state index in [-0.39, 0.29) is 18.2 Å². The van der Waals surface area contributed by atoms with Gasteiger partial charge >= 0.3 is 6.03 Å². The molecule has 1 aromatic carbocycles. The van der Waals surface area contributed by atoms with Gasteiger partial charge in [-0.1, -0.05) is 0 Å². The minimum absolute atomic E-state index is 0.0311. The molecule has 128 valence electrons. The molecule has 0 radical (unpaired) electrons.